The summed E-state index contributed by atoms with van der Waals surface area (Å²) >= 11 is 5.91. The van der Waals surface area contributed by atoms with Gasteiger partial charge < -0.3 is 10.1 Å². The predicted molar refractivity (Wildman–Crippen MR) is 76.1 cm³/mol. The average Bonchev–Trinajstić information content (AvgIpc) is 2.40. The van der Waals surface area contributed by atoms with Crippen LogP contribution in [0.1, 0.15) is 44.2 Å². The first-order valence-electron chi connectivity index (χ1n) is 6.73. The summed E-state index contributed by atoms with van der Waals surface area (Å²) < 4.78 is 5.40. The van der Waals surface area contributed by atoms with E-state index in [1.807, 2.05) is 19.2 Å². The van der Waals surface area contributed by atoms with E-state index in [-0.39, 0.29) is 0 Å². The Morgan fingerprint density at radius 3 is 2.33 bits per heavy atom. The van der Waals surface area contributed by atoms with Crippen molar-refractivity contribution in [3.05, 3.63) is 34.9 Å². The molecule has 1 saturated carbocycles. The molecule has 100 valence electrons. The normalized spacial score (nSPS) is 25.9. The minimum atomic E-state index is 0.381. The van der Waals surface area contributed by atoms with Gasteiger partial charge in [-0.25, -0.2) is 0 Å². The average molecular weight is 268 g/mol. The van der Waals surface area contributed by atoms with Crippen molar-refractivity contribution in [3.63, 3.8) is 0 Å². The summed E-state index contributed by atoms with van der Waals surface area (Å²) in [5.74, 6) is 0. The molecule has 1 aliphatic carbocycles. The standard InChI is InChI=1S/C15H22ClNO/c1-11(12-3-5-13(16)6-4-12)17-14-7-9-15(18-2)10-8-14/h3-6,11,14-15,17H,7-10H2,1-2H3/t11-,14?,15?/m1/s1. The molecule has 2 rings (SSSR count). The summed E-state index contributed by atoms with van der Waals surface area (Å²) in [4.78, 5) is 0. The molecule has 1 aromatic rings. The second kappa shape index (κ2) is 6.55. The van der Waals surface area contributed by atoms with Crippen molar-refractivity contribution in [2.75, 3.05) is 7.11 Å². The van der Waals surface area contributed by atoms with Crippen LogP contribution in [0.25, 0.3) is 0 Å². The Hall–Kier alpha value is -0.570. The Kier molecular flexibility index (Phi) is 5.04. The van der Waals surface area contributed by atoms with Crippen LogP contribution in [0, 0.1) is 0 Å². The third-order valence-corrected chi connectivity index (χ3v) is 4.12. The molecule has 1 fully saturated rings. The van der Waals surface area contributed by atoms with E-state index in [2.05, 4.69) is 24.4 Å². The second-order valence-corrected chi connectivity index (χ2v) is 5.59. The molecule has 0 radical (unpaired) electrons. The molecule has 1 aromatic carbocycles. The second-order valence-electron chi connectivity index (χ2n) is 5.15. The van der Waals surface area contributed by atoms with Crippen molar-refractivity contribution in [3.8, 4) is 0 Å². The first kappa shape index (κ1) is 13.9. The molecule has 0 saturated heterocycles. The molecule has 0 spiro atoms. The van der Waals surface area contributed by atoms with Crippen LogP contribution in [0.2, 0.25) is 5.02 Å². The fraction of sp³-hybridized carbons (Fsp3) is 0.600. The zero-order valence-corrected chi connectivity index (χ0v) is 11.9. The van der Waals surface area contributed by atoms with E-state index in [1.54, 1.807) is 0 Å². The summed E-state index contributed by atoms with van der Waals surface area (Å²) in [5, 5.41) is 4.50. The SMILES string of the molecule is COC1CCC(N[C@H](C)c2ccc(Cl)cc2)CC1. The van der Waals surface area contributed by atoms with Gasteiger partial charge in [-0.2, -0.15) is 0 Å². The predicted octanol–water partition coefficient (Wildman–Crippen LogP) is 3.95. The number of hydrogen-bond donors (Lipinski definition) is 1. The van der Waals surface area contributed by atoms with Gasteiger partial charge in [0.2, 0.25) is 0 Å². The van der Waals surface area contributed by atoms with Crippen molar-refractivity contribution in [1.82, 2.24) is 5.32 Å². The third kappa shape index (κ3) is 3.71. The number of benzene rings is 1. The zero-order chi connectivity index (χ0) is 13.0. The molecule has 0 aromatic heterocycles. The van der Waals surface area contributed by atoms with E-state index in [9.17, 15) is 0 Å². The topological polar surface area (TPSA) is 21.3 Å². The van der Waals surface area contributed by atoms with Gasteiger partial charge in [-0.15, -0.1) is 0 Å². The van der Waals surface area contributed by atoms with E-state index < -0.39 is 0 Å². The Balaban J connectivity index is 1.84. The number of hydrogen-bond acceptors (Lipinski definition) is 2. The highest BCUT2D eigenvalue weighted by Crippen LogP contribution is 2.24. The van der Waals surface area contributed by atoms with E-state index >= 15 is 0 Å². The van der Waals surface area contributed by atoms with Crippen molar-refractivity contribution >= 4 is 11.6 Å². The summed E-state index contributed by atoms with van der Waals surface area (Å²) in [7, 11) is 1.81. The van der Waals surface area contributed by atoms with Crippen molar-refractivity contribution < 1.29 is 4.74 Å². The van der Waals surface area contributed by atoms with Gasteiger partial charge in [0.15, 0.2) is 0 Å². The fourth-order valence-corrected chi connectivity index (χ4v) is 2.79. The smallest absolute Gasteiger partial charge is 0.0572 e. The molecule has 2 nitrogen and oxygen atoms in total. The summed E-state index contributed by atoms with van der Waals surface area (Å²) in [6.07, 6.45) is 5.21. The maximum absolute atomic E-state index is 5.91. The highest BCUT2D eigenvalue weighted by Gasteiger charge is 2.21. The summed E-state index contributed by atoms with van der Waals surface area (Å²) in [6.45, 7) is 2.21. The largest absolute Gasteiger partial charge is 0.381 e. The van der Waals surface area contributed by atoms with Crippen LogP contribution >= 0.6 is 11.6 Å². The molecule has 3 heteroatoms. The summed E-state index contributed by atoms with van der Waals surface area (Å²) in [5.41, 5.74) is 1.30. The van der Waals surface area contributed by atoms with E-state index in [4.69, 9.17) is 16.3 Å². The third-order valence-electron chi connectivity index (χ3n) is 3.86. The van der Waals surface area contributed by atoms with E-state index in [0.717, 1.165) is 5.02 Å². The lowest BCUT2D eigenvalue weighted by Gasteiger charge is -2.30. The van der Waals surface area contributed by atoms with Crippen molar-refractivity contribution in [2.45, 2.75) is 50.8 Å². The highest BCUT2D eigenvalue weighted by atomic mass is 35.5. The van der Waals surface area contributed by atoms with E-state index in [0.29, 0.717) is 18.2 Å². The molecule has 0 amide bonds. The van der Waals surface area contributed by atoms with Crippen LogP contribution in [0.5, 0.6) is 0 Å². The number of methoxy groups -OCH3 is 1. The minimum Gasteiger partial charge on any atom is -0.381 e. The fourth-order valence-electron chi connectivity index (χ4n) is 2.67. The van der Waals surface area contributed by atoms with Gasteiger partial charge in [0.1, 0.15) is 0 Å². The molecule has 0 bridgehead atoms. The molecular formula is C15H22ClNO. The monoisotopic (exact) mass is 267 g/mol. The Morgan fingerprint density at radius 2 is 1.78 bits per heavy atom. The lowest BCUT2D eigenvalue weighted by molar-refractivity contribution is 0.0614. The molecule has 0 heterocycles. The van der Waals surface area contributed by atoms with Crippen LogP contribution < -0.4 is 5.32 Å². The van der Waals surface area contributed by atoms with Crippen LogP contribution in [0.15, 0.2) is 24.3 Å². The van der Waals surface area contributed by atoms with Gasteiger partial charge in [0, 0.05) is 24.2 Å². The molecule has 0 unspecified atom stereocenters. The maximum Gasteiger partial charge on any atom is 0.0572 e. The first-order chi connectivity index (χ1) is 8.69. The van der Waals surface area contributed by atoms with Gasteiger partial charge in [-0.3, -0.25) is 0 Å². The van der Waals surface area contributed by atoms with Gasteiger partial charge in [0.25, 0.3) is 0 Å². The number of nitrogens with one attached hydrogen (secondary N) is 1. The van der Waals surface area contributed by atoms with Crippen LogP contribution in [0.4, 0.5) is 0 Å². The summed E-state index contributed by atoms with van der Waals surface area (Å²) in [6, 6.07) is 9.10. The van der Waals surface area contributed by atoms with E-state index in [1.165, 1.54) is 31.2 Å². The first-order valence-corrected chi connectivity index (χ1v) is 7.11. The number of rotatable bonds is 4. The number of ether oxygens (including phenoxy) is 1. The van der Waals surface area contributed by atoms with Gasteiger partial charge in [-0.05, 0) is 50.3 Å². The molecule has 0 aliphatic heterocycles. The molecule has 1 N–H and O–H groups in total. The maximum atomic E-state index is 5.91. The lowest BCUT2D eigenvalue weighted by Crippen LogP contribution is -2.36. The van der Waals surface area contributed by atoms with Gasteiger partial charge in [-0.1, -0.05) is 23.7 Å². The minimum absolute atomic E-state index is 0.381. The Bertz CT molecular complexity index is 357. The molecule has 1 aliphatic rings. The van der Waals surface area contributed by atoms with Gasteiger partial charge in [0.05, 0.1) is 6.10 Å². The van der Waals surface area contributed by atoms with Gasteiger partial charge >= 0.3 is 0 Å². The lowest BCUT2D eigenvalue weighted by atomic mass is 9.92. The van der Waals surface area contributed by atoms with Crippen LogP contribution in [-0.4, -0.2) is 19.3 Å². The van der Waals surface area contributed by atoms with Crippen LogP contribution in [0.3, 0.4) is 0 Å². The van der Waals surface area contributed by atoms with Crippen LogP contribution in [-0.2, 0) is 4.74 Å². The highest BCUT2D eigenvalue weighted by molar-refractivity contribution is 6.30. The Morgan fingerprint density at radius 1 is 1.17 bits per heavy atom. The van der Waals surface area contributed by atoms with Crippen molar-refractivity contribution in [2.24, 2.45) is 0 Å². The zero-order valence-electron chi connectivity index (χ0n) is 11.2. The molecule has 18 heavy (non-hydrogen) atoms. The molecule has 1 atom stereocenters. The van der Waals surface area contributed by atoms with Crippen molar-refractivity contribution in [1.29, 1.82) is 0 Å². The quantitative estimate of drug-likeness (QED) is 0.892. The molecular weight excluding hydrogens is 246 g/mol. The number of halogens is 1. The Labute approximate surface area is 115 Å².